The molecule has 0 aromatic carbocycles. The van der Waals surface area contributed by atoms with Crippen LogP contribution in [0.3, 0.4) is 0 Å². The Hall–Kier alpha value is -1.45. The number of aliphatic imine (C=N–C) groups is 1. The first-order valence-electron chi connectivity index (χ1n) is 5.91. The Morgan fingerprint density at radius 1 is 1.50 bits per heavy atom. The van der Waals surface area contributed by atoms with E-state index in [9.17, 15) is 10.1 Å². The molecule has 2 atom stereocenters. The second kappa shape index (κ2) is 9.57. The quantitative estimate of drug-likeness (QED) is 0.0841. The van der Waals surface area contributed by atoms with E-state index in [0.717, 1.165) is 12.8 Å². The van der Waals surface area contributed by atoms with Crippen LogP contribution in [0.2, 0.25) is 0 Å². The Morgan fingerprint density at radius 3 is 2.72 bits per heavy atom. The lowest BCUT2D eigenvalue weighted by Gasteiger charge is -2.16. The van der Waals surface area contributed by atoms with Gasteiger partial charge in [-0.2, -0.15) is 0 Å². The van der Waals surface area contributed by atoms with Crippen molar-refractivity contribution >= 4 is 5.96 Å². The van der Waals surface area contributed by atoms with Crippen molar-refractivity contribution in [2.45, 2.75) is 38.4 Å². The van der Waals surface area contributed by atoms with Crippen molar-refractivity contribution < 1.29 is 5.03 Å². The molecule has 0 saturated carbocycles. The molecule has 0 aliphatic carbocycles. The third-order valence-electron chi connectivity index (χ3n) is 2.30. The maximum atomic E-state index is 10.0. The summed E-state index contributed by atoms with van der Waals surface area (Å²) in [6, 6.07) is -0.0116. The van der Waals surface area contributed by atoms with Crippen LogP contribution in [0.15, 0.2) is 4.99 Å². The molecular weight excluding hydrogens is 238 g/mol. The molecule has 106 valence electrons. The summed E-state index contributed by atoms with van der Waals surface area (Å²) in [5, 5.41) is 12.4. The number of hydrazine groups is 1. The van der Waals surface area contributed by atoms with Crippen LogP contribution >= 0.6 is 0 Å². The van der Waals surface area contributed by atoms with Crippen LogP contribution in [0.25, 0.3) is 0 Å². The Bertz CT molecular complexity index is 272. The van der Waals surface area contributed by atoms with Crippen molar-refractivity contribution in [3.63, 3.8) is 0 Å². The van der Waals surface area contributed by atoms with Crippen molar-refractivity contribution in [1.82, 2.24) is 10.7 Å². The molecule has 8 N–H and O–H groups in total. The largest absolute Gasteiger partial charge is 0.365 e. The number of guanidine groups is 1. The molecule has 0 aromatic heterocycles. The lowest BCUT2D eigenvalue weighted by molar-refractivity contribution is -0.525. The lowest BCUT2D eigenvalue weighted by atomic mass is 10.1. The van der Waals surface area contributed by atoms with E-state index in [4.69, 9.17) is 17.2 Å². The molecule has 0 radical (unpaired) electrons. The minimum Gasteiger partial charge on any atom is -0.365 e. The summed E-state index contributed by atoms with van der Waals surface area (Å²) in [6.07, 6.45) is 2.28. The molecule has 2 unspecified atom stereocenters. The van der Waals surface area contributed by atoms with E-state index in [1.165, 1.54) is 0 Å². The normalized spacial score (nSPS) is 15.2. The zero-order valence-corrected chi connectivity index (χ0v) is 10.6. The van der Waals surface area contributed by atoms with Crippen LogP contribution in [-0.4, -0.2) is 36.3 Å². The summed E-state index contributed by atoms with van der Waals surface area (Å²) in [7, 11) is 0. The topological polar surface area (TPSA) is 158 Å². The van der Waals surface area contributed by atoms with Crippen LogP contribution in [0.5, 0.6) is 0 Å². The zero-order chi connectivity index (χ0) is 14.0. The van der Waals surface area contributed by atoms with Gasteiger partial charge in [0.2, 0.25) is 0 Å². The van der Waals surface area contributed by atoms with E-state index >= 15 is 0 Å². The predicted molar refractivity (Wildman–Crippen MR) is 70.1 cm³/mol. The van der Waals surface area contributed by atoms with Gasteiger partial charge in [-0.15, -0.1) is 0 Å². The molecule has 0 heterocycles. The van der Waals surface area contributed by atoms with Gasteiger partial charge in [0.1, 0.15) is 0 Å². The van der Waals surface area contributed by atoms with Gasteiger partial charge in [0.25, 0.3) is 5.96 Å². The van der Waals surface area contributed by atoms with Gasteiger partial charge in [0.15, 0.2) is 5.03 Å². The number of hydrogen-bond donors (Lipinski definition) is 5. The summed E-state index contributed by atoms with van der Waals surface area (Å²) >= 11 is 0. The van der Waals surface area contributed by atoms with Crippen molar-refractivity contribution in [1.29, 1.82) is 0 Å². The highest BCUT2D eigenvalue weighted by molar-refractivity contribution is 5.76. The van der Waals surface area contributed by atoms with Crippen LogP contribution in [0.4, 0.5) is 0 Å². The average molecular weight is 261 g/mol. The predicted octanol–water partition coefficient (Wildman–Crippen LogP) is -1.53. The van der Waals surface area contributed by atoms with Crippen molar-refractivity contribution in [3.05, 3.63) is 10.1 Å². The maximum absolute atomic E-state index is 10.0. The molecule has 9 nitrogen and oxygen atoms in total. The number of nitrogens with one attached hydrogen (secondary N) is 2. The van der Waals surface area contributed by atoms with Crippen LogP contribution in [-0.2, 0) is 0 Å². The molecule has 0 aliphatic rings. The molecule has 0 rings (SSSR count). The fourth-order valence-electron chi connectivity index (χ4n) is 1.23. The maximum Gasteiger partial charge on any atom is 0.251 e. The van der Waals surface area contributed by atoms with Gasteiger partial charge in [0.05, 0.1) is 6.17 Å². The SMILES string of the molecule is CCC(N)NCC(N)CCCN=C(N)N[N+](=O)[O-]. The van der Waals surface area contributed by atoms with Gasteiger partial charge in [-0.25, -0.2) is 15.1 Å². The highest BCUT2D eigenvalue weighted by Crippen LogP contribution is 1.94. The van der Waals surface area contributed by atoms with Crippen LogP contribution in [0, 0.1) is 10.1 Å². The third kappa shape index (κ3) is 9.75. The number of rotatable bonds is 9. The monoisotopic (exact) mass is 261 g/mol. The minimum atomic E-state index is -0.749. The minimum absolute atomic E-state index is 0.0116. The molecule has 0 amide bonds. The second-order valence-electron chi connectivity index (χ2n) is 3.96. The first-order valence-corrected chi connectivity index (χ1v) is 5.91. The highest BCUT2D eigenvalue weighted by atomic mass is 16.7. The molecular formula is C9H23N7O2. The molecule has 0 saturated heterocycles. The Labute approximate surface area is 106 Å². The zero-order valence-electron chi connectivity index (χ0n) is 10.6. The van der Waals surface area contributed by atoms with Crippen molar-refractivity contribution in [2.24, 2.45) is 22.2 Å². The lowest BCUT2D eigenvalue weighted by Crippen LogP contribution is -2.43. The molecule has 18 heavy (non-hydrogen) atoms. The second-order valence-corrected chi connectivity index (χ2v) is 3.96. The Morgan fingerprint density at radius 2 is 2.17 bits per heavy atom. The van der Waals surface area contributed by atoms with Crippen LogP contribution in [0.1, 0.15) is 26.2 Å². The summed E-state index contributed by atoms with van der Waals surface area (Å²) in [6.45, 7) is 3.03. The summed E-state index contributed by atoms with van der Waals surface area (Å²) in [4.78, 5) is 13.8. The third-order valence-corrected chi connectivity index (χ3v) is 2.30. The molecule has 0 bridgehead atoms. The Kier molecular flexibility index (Phi) is 8.80. The van der Waals surface area contributed by atoms with Gasteiger partial charge in [-0.05, 0) is 19.3 Å². The number of nitrogens with zero attached hydrogens (tertiary/aromatic N) is 2. The van der Waals surface area contributed by atoms with E-state index in [1.54, 1.807) is 5.43 Å². The number of hydrogen-bond acceptors (Lipinski definition) is 6. The van der Waals surface area contributed by atoms with E-state index < -0.39 is 5.03 Å². The first-order chi connectivity index (χ1) is 8.45. The van der Waals surface area contributed by atoms with E-state index in [-0.39, 0.29) is 18.2 Å². The van der Waals surface area contributed by atoms with Crippen molar-refractivity contribution in [2.75, 3.05) is 13.1 Å². The summed E-state index contributed by atoms with van der Waals surface area (Å²) in [5.41, 5.74) is 18.6. The van der Waals surface area contributed by atoms with Crippen LogP contribution < -0.4 is 27.9 Å². The highest BCUT2D eigenvalue weighted by Gasteiger charge is 2.04. The van der Waals surface area contributed by atoms with Gasteiger partial charge in [0, 0.05) is 19.1 Å². The van der Waals surface area contributed by atoms with Gasteiger partial charge < -0.3 is 22.5 Å². The molecule has 9 heteroatoms. The molecule has 0 aromatic rings. The molecule has 0 spiro atoms. The van der Waals surface area contributed by atoms with E-state index in [2.05, 4.69) is 10.3 Å². The first kappa shape index (κ1) is 16.6. The smallest absolute Gasteiger partial charge is 0.251 e. The fourth-order valence-corrected chi connectivity index (χ4v) is 1.23. The number of nitrogens with two attached hydrogens (primary N) is 3. The molecule has 0 aliphatic heterocycles. The summed E-state index contributed by atoms with van der Waals surface area (Å²) in [5.74, 6) is -0.195. The average Bonchev–Trinajstić information content (AvgIpc) is 2.30. The van der Waals surface area contributed by atoms with Crippen molar-refractivity contribution in [3.8, 4) is 0 Å². The standard InChI is InChI=1S/C9H23N7O2/c1-2-8(11)14-6-7(10)4-3-5-13-9(12)15-16(17)18/h7-8,14H,2-6,10-11H2,1H3,(H3,12,13,15). The van der Waals surface area contributed by atoms with E-state index in [1.807, 2.05) is 6.92 Å². The number of nitro groups is 1. The molecule has 0 fully saturated rings. The van der Waals surface area contributed by atoms with Gasteiger partial charge >= 0.3 is 0 Å². The van der Waals surface area contributed by atoms with E-state index in [0.29, 0.717) is 19.5 Å². The summed E-state index contributed by atoms with van der Waals surface area (Å²) < 4.78 is 0. The Balaban J connectivity index is 3.62. The fraction of sp³-hybridized carbons (Fsp3) is 0.889. The van der Waals surface area contributed by atoms with Gasteiger partial charge in [-0.3, -0.25) is 0 Å². The van der Waals surface area contributed by atoms with Gasteiger partial charge in [-0.1, -0.05) is 12.3 Å².